The summed E-state index contributed by atoms with van der Waals surface area (Å²) in [4.78, 5) is 21.0. The molecule has 1 fully saturated rings. The minimum absolute atomic E-state index is 0.213. The highest BCUT2D eigenvalue weighted by Gasteiger charge is 2.40. The summed E-state index contributed by atoms with van der Waals surface area (Å²) in [7, 11) is 0. The summed E-state index contributed by atoms with van der Waals surface area (Å²) in [5.74, 6) is 0.0142. The van der Waals surface area contributed by atoms with Crippen molar-refractivity contribution in [3.05, 3.63) is 23.0 Å². The van der Waals surface area contributed by atoms with Crippen LogP contribution in [0.3, 0.4) is 0 Å². The van der Waals surface area contributed by atoms with Gasteiger partial charge in [0.25, 0.3) is 5.91 Å². The fourth-order valence-corrected chi connectivity index (χ4v) is 4.28. The minimum atomic E-state index is -0.578. The van der Waals surface area contributed by atoms with E-state index >= 15 is 0 Å². The van der Waals surface area contributed by atoms with Crippen LogP contribution in [0, 0.1) is 0 Å². The quantitative estimate of drug-likeness (QED) is 0.876. The van der Waals surface area contributed by atoms with E-state index in [2.05, 4.69) is 15.4 Å². The number of aromatic nitrogens is 4. The van der Waals surface area contributed by atoms with E-state index in [9.17, 15) is 4.79 Å². The van der Waals surface area contributed by atoms with Gasteiger partial charge in [0.2, 0.25) is 5.95 Å². The van der Waals surface area contributed by atoms with E-state index in [1.54, 1.807) is 0 Å². The number of hydrogen-bond donors (Lipinski definition) is 2. The number of anilines is 1. The normalized spacial score (nSPS) is 18.7. The van der Waals surface area contributed by atoms with Crippen molar-refractivity contribution in [3.63, 3.8) is 0 Å². The van der Waals surface area contributed by atoms with Crippen molar-refractivity contribution in [2.45, 2.75) is 57.4 Å². The molecule has 2 aliphatic rings. The van der Waals surface area contributed by atoms with E-state index in [-0.39, 0.29) is 11.1 Å². The van der Waals surface area contributed by atoms with Gasteiger partial charge >= 0.3 is 0 Å². The highest BCUT2D eigenvalue weighted by molar-refractivity contribution is 6.17. The molecule has 1 amide bonds. The molecule has 2 aromatic heterocycles. The molecule has 0 atom stereocenters. The van der Waals surface area contributed by atoms with Crippen molar-refractivity contribution < 1.29 is 4.79 Å². The van der Waals surface area contributed by atoms with Crippen LogP contribution in [0.1, 0.15) is 61.1 Å². The Bertz CT molecular complexity index is 853. The Hall–Kier alpha value is -2.15. The van der Waals surface area contributed by atoms with Crippen molar-refractivity contribution in [1.29, 1.82) is 0 Å². The summed E-state index contributed by atoms with van der Waals surface area (Å²) < 4.78 is 1.20. The monoisotopic (exact) mass is 360 g/mol. The zero-order chi connectivity index (χ0) is 17.8. The molecule has 0 aliphatic heterocycles. The maximum atomic E-state index is 11.8. The molecule has 0 bridgehead atoms. The molecule has 2 aliphatic carbocycles. The van der Waals surface area contributed by atoms with Crippen LogP contribution < -0.4 is 11.1 Å². The van der Waals surface area contributed by atoms with Crippen LogP contribution in [0.25, 0.3) is 11.4 Å². The average Bonchev–Trinajstić information content (AvgIpc) is 3.16. The van der Waals surface area contributed by atoms with E-state index < -0.39 is 5.91 Å². The maximum absolute atomic E-state index is 11.8. The fraction of sp³-hybridized carbons (Fsp3) is 0.529. The van der Waals surface area contributed by atoms with Gasteiger partial charge in [-0.05, 0) is 30.2 Å². The van der Waals surface area contributed by atoms with E-state index in [4.69, 9.17) is 22.5 Å². The second-order valence-electron chi connectivity index (χ2n) is 7.55. The average molecular weight is 361 g/mol. The molecule has 7 nitrogen and oxygen atoms in total. The molecule has 0 unspecified atom stereocenters. The number of carbonyl (C=O) groups excluding carboxylic acids is 1. The standard InChI is InChI=1S/C17H21ClN6O/c1-17(2)7-9-8-20-16(21-10-5-3-4-6-10)22-12(9)14-11(17)13(15(19)25)23-24(14)18/h8,10H,3-7H2,1-2H3,(H2,19,25)(H,20,21,22). The zero-order valence-corrected chi connectivity index (χ0v) is 15.1. The number of amides is 1. The molecule has 0 saturated heterocycles. The molecule has 2 aromatic rings. The summed E-state index contributed by atoms with van der Waals surface area (Å²) in [6.45, 7) is 4.09. The molecule has 2 heterocycles. The first kappa shape index (κ1) is 16.3. The summed E-state index contributed by atoms with van der Waals surface area (Å²) in [6, 6.07) is 0.416. The van der Waals surface area contributed by atoms with Crippen LogP contribution in [0.2, 0.25) is 0 Å². The largest absolute Gasteiger partial charge is 0.364 e. The van der Waals surface area contributed by atoms with Gasteiger partial charge in [-0.3, -0.25) is 4.79 Å². The number of nitrogens with zero attached hydrogens (tertiary/aromatic N) is 4. The number of rotatable bonds is 3. The van der Waals surface area contributed by atoms with Gasteiger partial charge in [0.1, 0.15) is 5.69 Å². The van der Waals surface area contributed by atoms with Gasteiger partial charge in [0.05, 0.1) is 5.69 Å². The molecule has 1 saturated carbocycles. The topological polar surface area (TPSA) is 98.7 Å². The number of primary amides is 1. The van der Waals surface area contributed by atoms with Gasteiger partial charge in [-0.15, -0.1) is 0 Å². The Morgan fingerprint density at radius 1 is 1.40 bits per heavy atom. The van der Waals surface area contributed by atoms with Crippen LogP contribution in [0.5, 0.6) is 0 Å². The second kappa shape index (κ2) is 5.69. The van der Waals surface area contributed by atoms with E-state index in [0.29, 0.717) is 24.1 Å². The Kier molecular flexibility index (Phi) is 3.72. The lowest BCUT2D eigenvalue weighted by atomic mass is 9.73. The lowest BCUT2D eigenvalue weighted by molar-refractivity contribution is 0.0993. The number of nitrogens with two attached hydrogens (primary N) is 1. The van der Waals surface area contributed by atoms with Gasteiger partial charge in [-0.1, -0.05) is 26.7 Å². The molecule has 4 rings (SSSR count). The molecule has 0 radical (unpaired) electrons. The predicted molar refractivity (Wildman–Crippen MR) is 95.6 cm³/mol. The smallest absolute Gasteiger partial charge is 0.269 e. The highest BCUT2D eigenvalue weighted by Crippen LogP contribution is 2.44. The van der Waals surface area contributed by atoms with Crippen LogP contribution in [-0.2, 0) is 11.8 Å². The first-order valence-corrected chi connectivity index (χ1v) is 8.93. The molecule has 0 aromatic carbocycles. The number of hydrogen-bond acceptors (Lipinski definition) is 5. The van der Waals surface area contributed by atoms with Gasteiger partial charge in [0.15, 0.2) is 5.69 Å². The molecule has 132 valence electrons. The predicted octanol–water partition coefficient (Wildman–Crippen LogP) is 2.63. The Morgan fingerprint density at radius 3 is 2.80 bits per heavy atom. The van der Waals surface area contributed by atoms with Crippen molar-refractivity contribution >= 4 is 23.6 Å². The third-order valence-electron chi connectivity index (χ3n) is 5.17. The molecule has 3 N–H and O–H groups in total. The van der Waals surface area contributed by atoms with Gasteiger partial charge < -0.3 is 11.1 Å². The first-order chi connectivity index (χ1) is 11.9. The van der Waals surface area contributed by atoms with Crippen molar-refractivity contribution in [2.75, 3.05) is 5.32 Å². The number of nitrogens with one attached hydrogen (secondary N) is 1. The summed E-state index contributed by atoms with van der Waals surface area (Å²) in [6.07, 6.45) is 7.28. The maximum Gasteiger partial charge on any atom is 0.269 e. The Morgan fingerprint density at radius 2 is 2.12 bits per heavy atom. The molecule has 8 heteroatoms. The highest BCUT2D eigenvalue weighted by atomic mass is 35.5. The van der Waals surface area contributed by atoms with E-state index in [0.717, 1.165) is 29.7 Å². The van der Waals surface area contributed by atoms with E-state index in [1.165, 1.54) is 17.0 Å². The lowest BCUT2D eigenvalue weighted by Gasteiger charge is -2.31. The summed E-state index contributed by atoms with van der Waals surface area (Å²) in [5, 5.41) is 7.55. The minimum Gasteiger partial charge on any atom is -0.364 e. The van der Waals surface area contributed by atoms with Gasteiger partial charge in [0, 0.05) is 29.6 Å². The number of halogens is 1. The van der Waals surface area contributed by atoms with Crippen LogP contribution in [0.4, 0.5) is 5.95 Å². The van der Waals surface area contributed by atoms with Gasteiger partial charge in [-0.25, -0.2) is 9.97 Å². The SMILES string of the molecule is CC1(C)Cc2cnc(NC3CCCC3)nc2-c2c1c(C(N)=O)nn2Cl. The first-order valence-electron chi connectivity index (χ1n) is 8.59. The zero-order valence-electron chi connectivity index (χ0n) is 14.3. The Labute approximate surface area is 151 Å². The molecular formula is C17H21ClN6O. The Balaban J connectivity index is 1.82. The third-order valence-corrected chi connectivity index (χ3v) is 5.41. The lowest BCUT2D eigenvalue weighted by Crippen LogP contribution is -2.29. The number of carbonyl (C=O) groups is 1. The fourth-order valence-electron chi connectivity index (χ4n) is 4.04. The third kappa shape index (κ3) is 2.66. The van der Waals surface area contributed by atoms with Crippen LogP contribution in [-0.4, -0.2) is 31.2 Å². The van der Waals surface area contributed by atoms with Crippen LogP contribution in [0.15, 0.2) is 6.20 Å². The van der Waals surface area contributed by atoms with Crippen molar-refractivity contribution in [1.82, 2.24) is 19.3 Å². The molecular weight excluding hydrogens is 340 g/mol. The van der Waals surface area contributed by atoms with E-state index in [1.807, 2.05) is 20.0 Å². The summed E-state index contributed by atoms with van der Waals surface area (Å²) in [5.41, 5.74) is 8.51. The van der Waals surface area contributed by atoms with Crippen molar-refractivity contribution in [2.24, 2.45) is 5.73 Å². The van der Waals surface area contributed by atoms with Gasteiger partial charge in [-0.2, -0.15) is 9.30 Å². The second-order valence-corrected chi connectivity index (χ2v) is 7.87. The van der Waals surface area contributed by atoms with Crippen molar-refractivity contribution in [3.8, 4) is 11.4 Å². The van der Waals surface area contributed by atoms with Crippen LogP contribution >= 0.6 is 11.8 Å². The summed E-state index contributed by atoms with van der Waals surface area (Å²) >= 11 is 6.30. The number of fused-ring (bicyclic) bond motifs is 3. The molecule has 25 heavy (non-hydrogen) atoms. The molecule has 0 spiro atoms.